The average Bonchev–Trinajstić information content (AvgIpc) is 2.60. The highest BCUT2D eigenvalue weighted by atomic mass is 19.1. The van der Waals surface area contributed by atoms with Crippen LogP contribution in [0, 0.1) is 5.82 Å². The third kappa shape index (κ3) is 8.36. The van der Waals surface area contributed by atoms with Crippen molar-refractivity contribution < 1.29 is 18.7 Å². The summed E-state index contributed by atoms with van der Waals surface area (Å²) >= 11 is 0. The first-order valence-corrected chi connectivity index (χ1v) is 9.31. The number of hydrogen-bond acceptors (Lipinski definition) is 5. The van der Waals surface area contributed by atoms with Crippen molar-refractivity contribution in [2.75, 3.05) is 52.4 Å². The Morgan fingerprint density at radius 1 is 1.11 bits per heavy atom. The average molecular weight is 380 g/mol. The fraction of sp³-hybridized carbons (Fsp3) is 0.579. The summed E-state index contributed by atoms with van der Waals surface area (Å²) in [6.07, 6.45) is 0. The Hall–Kier alpha value is -2.19. The summed E-state index contributed by atoms with van der Waals surface area (Å²) < 4.78 is 18.4. The Balaban J connectivity index is 1.57. The molecular formula is C19H29FN4O3. The van der Waals surface area contributed by atoms with Crippen LogP contribution in [0.3, 0.4) is 0 Å². The van der Waals surface area contributed by atoms with Crippen molar-refractivity contribution in [3.8, 4) is 5.75 Å². The summed E-state index contributed by atoms with van der Waals surface area (Å²) in [7, 11) is 0. The van der Waals surface area contributed by atoms with Gasteiger partial charge in [0.25, 0.3) is 0 Å². The predicted octanol–water partition coefficient (Wildman–Crippen LogP) is 0.463. The number of nitrogens with one attached hydrogen (secondary N) is 2. The molecule has 1 fully saturated rings. The van der Waals surface area contributed by atoms with Crippen LogP contribution in [-0.2, 0) is 9.59 Å². The maximum absolute atomic E-state index is 13.0. The molecule has 0 spiro atoms. The van der Waals surface area contributed by atoms with Crippen LogP contribution < -0.4 is 15.4 Å². The first-order valence-electron chi connectivity index (χ1n) is 9.31. The Morgan fingerprint density at radius 2 is 1.74 bits per heavy atom. The molecule has 2 N–H and O–H groups in total. The minimum atomic E-state index is -0.350. The zero-order valence-corrected chi connectivity index (χ0v) is 16.0. The number of benzene rings is 1. The van der Waals surface area contributed by atoms with Crippen LogP contribution in [0.2, 0.25) is 0 Å². The third-order valence-corrected chi connectivity index (χ3v) is 4.14. The molecule has 150 valence electrons. The number of amides is 2. The number of carbonyl (C=O) groups excluding carboxylic acids is 2. The topological polar surface area (TPSA) is 73.9 Å². The predicted molar refractivity (Wildman–Crippen MR) is 101 cm³/mol. The summed E-state index contributed by atoms with van der Waals surface area (Å²) in [5, 5.41) is 5.69. The lowest BCUT2D eigenvalue weighted by atomic mass is 10.3. The van der Waals surface area contributed by atoms with Gasteiger partial charge in [0.15, 0.2) is 0 Å². The van der Waals surface area contributed by atoms with Gasteiger partial charge in [0.05, 0.1) is 19.6 Å². The zero-order valence-electron chi connectivity index (χ0n) is 16.0. The Morgan fingerprint density at radius 3 is 2.33 bits per heavy atom. The van der Waals surface area contributed by atoms with E-state index < -0.39 is 0 Å². The van der Waals surface area contributed by atoms with Gasteiger partial charge in [-0.3, -0.25) is 19.4 Å². The highest BCUT2D eigenvalue weighted by Crippen LogP contribution is 2.11. The summed E-state index contributed by atoms with van der Waals surface area (Å²) in [6.45, 7) is 8.29. The molecule has 0 atom stereocenters. The fourth-order valence-electron chi connectivity index (χ4n) is 2.85. The lowest BCUT2D eigenvalue weighted by Gasteiger charge is -2.33. The van der Waals surface area contributed by atoms with E-state index in [1.54, 1.807) is 12.1 Å². The summed E-state index contributed by atoms with van der Waals surface area (Å²) in [5.74, 6) is 0.0672. The Bertz CT molecular complexity index is 619. The molecule has 0 aromatic heterocycles. The normalized spacial score (nSPS) is 15.6. The molecule has 0 bridgehead atoms. The molecule has 8 heteroatoms. The quantitative estimate of drug-likeness (QED) is 0.609. The highest BCUT2D eigenvalue weighted by Gasteiger charge is 2.20. The second kappa shape index (κ2) is 10.8. The van der Waals surface area contributed by atoms with Gasteiger partial charge in [-0.1, -0.05) is 6.07 Å². The van der Waals surface area contributed by atoms with E-state index in [4.69, 9.17) is 4.74 Å². The summed E-state index contributed by atoms with van der Waals surface area (Å²) in [6, 6.07) is 6.06. The molecular weight excluding hydrogens is 351 g/mol. The van der Waals surface area contributed by atoms with Gasteiger partial charge in [-0.05, 0) is 26.0 Å². The number of halogens is 1. The molecule has 7 nitrogen and oxygen atoms in total. The number of piperazine rings is 1. The molecule has 1 saturated heterocycles. The van der Waals surface area contributed by atoms with Crippen molar-refractivity contribution >= 4 is 11.8 Å². The molecule has 2 amide bonds. The Kier molecular flexibility index (Phi) is 8.47. The second-order valence-electron chi connectivity index (χ2n) is 6.93. The monoisotopic (exact) mass is 380 g/mol. The molecule has 2 rings (SSSR count). The molecule has 0 unspecified atom stereocenters. The maximum Gasteiger partial charge on any atom is 0.234 e. The molecule has 1 heterocycles. The van der Waals surface area contributed by atoms with Crippen molar-refractivity contribution in [2.24, 2.45) is 0 Å². The Labute approximate surface area is 159 Å². The first-order chi connectivity index (χ1) is 12.9. The SMILES string of the molecule is CC(C)NC(=O)CN1CCN(CC(=O)NCCOc2cccc(F)c2)CC1. The van der Waals surface area contributed by atoms with Gasteiger partial charge in [-0.25, -0.2) is 4.39 Å². The van der Waals surface area contributed by atoms with E-state index in [2.05, 4.69) is 20.4 Å². The standard InChI is InChI=1S/C19H29FN4O3/c1-15(2)22-19(26)14-24-9-7-23(8-10-24)13-18(25)21-6-11-27-17-5-3-4-16(20)12-17/h3-5,12,15H,6-11,13-14H2,1-2H3,(H,21,25)(H,22,26). The molecule has 1 aliphatic heterocycles. The van der Waals surface area contributed by atoms with Gasteiger partial charge in [-0.15, -0.1) is 0 Å². The van der Waals surface area contributed by atoms with Gasteiger partial charge in [0, 0.05) is 38.3 Å². The van der Waals surface area contributed by atoms with Crippen LogP contribution in [0.25, 0.3) is 0 Å². The van der Waals surface area contributed by atoms with Gasteiger partial charge in [0.1, 0.15) is 18.2 Å². The summed E-state index contributed by atoms with van der Waals surface area (Å²) in [4.78, 5) is 28.0. The second-order valence-corrected chi connectivity index (χ2v) is 6.93. The molecule has 0 radical (unpaired) electrons. The van der Waals surface area contributed by atoms with Crippen LogP contribution >= 0.6 is 0 Å². The third-order valence-electron chi connectivity index (χ3n) is 4.14. The minimum Gasteiger partial charge on any atom is -0.492 e. The van der Waals surface area contributed by atoms with Gasteiger partial charge in [0.2, 0.25) is 11.8 Å². The summed E-state index contributed by atoms with van der Waals surface area (Å²) in [5.41, 5.74) is 0. The number of rotatable bonds is 9. The zero-order chi connectivity index (χ0) is 19.6. The lowest BCUT2D eigenvalue weighted by molar-refractivity contribution is -0.125. The van der Waals surface area contributed by atoms with Crippen LogP contribution in [0.15, 0.2) is 24.3 Å². The van der Waals surface area contributed by atoms with Crippen molar-refractivity contribution in [2.45, 2.75) is 19.9 Å². The van der Waals surface area contributed by atoms with Crippen LogP contribution in [0.1, 0.15) is 13.8 Å². The maximum atomic E-state index is 13.0. The van der Waals surface area contributed by atoms with E-state index in [9.17, 15) is 14.0 Å². The number of hydrogen-bond donors (Lipinski definition) is 2. The molecule has 1 aromatic rings. The molecule has 0 aliphatic carbocycles. The van der Waals surface area contributed by atoms with Crippen LogP contribution in [0.4, 0.5) is 4.39 Å². The van der Waals surface area contributed by atoms with Crippen molar-refractivity contribution in [1.29, 1.82) is 0 Å². The number of ether oxygens (including phenoxy) is 1. The van der Waals surface area contributed by atoms with E-state index >= 15 is 0 Å². The molecule has 1 aromatic carbocycles. The van der Waals surface area contributed by atoms with E-state index in [0.29, 0.717) is 25.4 Å². The number of nitrogens with zero attached hydrogens (tertiary/aromatic N) is 2. The molecule has 0 saturated carbocycles. The minimum absolute atomic E-state index is 0.0366. The lowest BCUT2D eigenvalue weighted by Crippen LogP contribution is -2.52. The van der Waals surface area contributed by atoms with Crippen LogP contribution in [0.5, 0.6) is 5.75 Å². The van der Waals surface area contributed by atoms with Crippen LogP contribution in [-0.4, -0.2) is 80.1 Å². The van der Waals surface area contributed by atoms with Crippen molar-refractivity contribution in [3.05, 3.63) is 30.1 Å². The fourth-order valence-corrected chi connectivity index (χ4v) is 2.85. The van der Waals surface area contributed by atoms with E-state index in [-0.39, 0.29) is 30.3 Å². The largest absolute Gasteiger partial charge is 0.492 e. The highest BCUT2D eigenvalue weighted by molar-refractivity contribution is 5.78. The van der Waals surface area contributed by atoms with E-state index in [1.807, 2.05) is 13.8 Å². The van der Waals surface area contributed by atoms with Crippen molar-refractivity contribution in [3.63, 3.8) is 0 Å². The van der Waals surface area contributed by atoms with Crippen molar-refractivity contribution in [1.82, 2.24) is 20.4 Å². The molecule has 27 heavy (non-hydrogen) atoms. The van der Waals surface area contributed by atoms with Gasteiger partial charge in [-0.2, -0.15) is 0 Å². The van der Waals surface area contributed by atoms with Gasteiger partial charge < -0.3 is 15.4 Å². The molecule has 1 aliphatic rings. The number of carbonyl (C=O) groups is 2. The smallest absolute Gasteiger partial charge is 0.234 e. The first kappa shape index (κ1) is 21.1. The van der Waals surface area contributed by atoms with Gasteiger partial charge >= 0.3 is 0 Å². The van der Waals surface area contributed by atoms with E-state index in [0.717, 1.165) is 26.2 Å². The van der Waals surface area contributed by atoms with E-state index in [1.165, 1.54) is 12.1 Å².